The Balaban J connectivity index is 1.70. The van der Waals surface area contributed by atoms with Gasteiger partial charge in [0, 0.05) is 23.5 Å². The van der Waals surface area contributed by atoms with Crippen molar-refractivity contribution in [3.8, 4) is 0 Å². The predicted octanol–water partition coefficient (Wildman–Crippen LogP) is 5.96. The van der Waals surface area contributed by atoms with Gasteiger partial charge in [0.1, 0.15) is 4.99 Å². The van der Waals surface area contributed by atoms with Crippen LogP contribution in [0.2, 0.25) is 0 Å². The van der Waals surface area contributed by atoms with E-state index in [0.29, 0.717) is 0 Å². The molecular weight excluding hydrogens is 336 g/mol. The normalized spacial score (nSPS) is 16.9. The highest BCUT2D eigenvalue weighted by atomic mass is 32.1. The van der Waals surface area contributed by atoms with Gasteiger partial charge in [-0.15, -0.1) is 0 Å². The average Bonchev–Trinajstić information content (AvgIpc) is 2.70. The van der Waals surface area contributed by atoms with Crippen LogP contribution in [0, 0.1) is 0 Å². The minimum absolute atomic E-state index is 0.169. The molecule has 1 aliphatic heterocycles. The molecule has 0 bridgehead atoms. The molecule has 0 aromatic heterocycles. The summed E-state index contributed by atoms with van der Waals surface area (Å²) >= 11 is 5.79. The summed E-state index contributed by atoms with van der Waals surface area (Å²) in [6.07, 6.45) is 2.95. The van der Waals surface area contributed by atoms with Crippen LogP contribution in [0.4, 0.5) is 11.4 Å². The second kappa shape index (κ2) is 7.54. The average molecular weight is 356 g/mol. The second-order valence-electron chi connectivity index (χ2n) is 6.33. The molecule has 3 aromatic carbocycles. The van der Waals surface area contributed by atoms with Crippen LogP contribution < -0.4 is 10.2 Å². The van der Waals surface area contributed by atoms with Gasteiger partial charge in [-0.3, -0.25) is 0 Å². The Morgan fingerprint density at radius 1 is 0.769 bits per heavy atom. The van der Waals surface area contributed by atoms with Crippen molar-refractivity contribution in [3.63, 3.8) is 0 Å². The summed E-state index contributed by atoms with van der Waals surface area (Å²) in [5.41, 5.74) is 4.62. The standard InChI is InChI=1S/C23H20N2S/c26-23-17-20(24-19-12-6-2-7-13-19)16-22(18-10-4-1-5-11-18)25(23)21-14-8-3-9-15-21/h1-15,17,22,24H,16H2/t22-/m1/s1. The van der Waals surface area contributed by atoms with Gasteiger partial charge in [-0.1, -0.05) is 78.9 Å². The monoisotopic (exact) mass is 356 g/mol. The minimum Gasteiger partial charge on any atom is -0.359 e. The largest absolute Gasteiger partial charge is 0.359 e. The first kappa shape index (κ1) is 16.6. The lowest BCUT2D eigenvalue weighted by atomic mass is 9.96. The summed E-state index contributed by atoms with van der Waals surface area (Å²) in [7, 11) is 0. The van der Waals surface area contributed by atoms with Gasteiger partial charge in [-0.05, 0) is 35.9 Å². The van der Waals surface area contributed by atoms with Crippen LogP contribution in [0.3, 0.4) is 0 Å². The van der Waals surface area contributed by atoms with Crippen LogP contribution in [0.25, 0.3) is 0 Å². The SMILES string of the molecule is S=C1C=C(Nc2ccccc2)C[C@H](c2ccccc2)N1c1ccccc1. The smallest absolute Gasteiger partial charge is 0.108 e. The lowest BCUT2D eigenvalue weighted by molar-refractivity contribution is 0.695. The quantitative estimate of drug-likeness (QED) is 0.581. The number of thiocarbonyl (C=S) groups is 1. The van der Waals surface area contributed by atoms with Crippen molar-refractivity contribution in [1.29, 1.82) is 0 Å². The van der Waals surface area contributed by atoms with Crippen LogP contribution in [-0.4, -0.2) is 4.99 Å². The van der Waals surface area contributed by atoms with Crippen molar-refractivity contribution in [1.82, 2.24) is 0 Å². The topological polar surface area (TPSA) is 15.3 Å². The van der Waals surface area contributed by atoms with E-state index in [1.165, 1.54) is 5.56 Å². The third kappa shape index (κ3) is 3.53. The maximum Gasteiger partial charge on any atom is 0.108 e. The molecule has 0 spiro atoms. The molecular formula is C23H20N2S. The van der Waals surface area contributed by atoms with Crippen molar-refractivity contribution in [3.05, 3.63) is 108 Å². The van der Waals surface area contributed by atoms with Gasteiger partial charge in [0.15, 0.2) is 0 Å². The van der Waals surface area contributed by atoms with Gasteiger partial charge in [-0.25, -0.2) is 0 Å². The van der Waals surface area contributed by atoms with Crippen molar-refractivity contribution < 1.29 is 0 Å². The number of nitrogens with zero attached hydrogens (tertiary/aromatic N) is 1. The van der Waals surface area contributed by atoms with E-state index in [1.807, 2.05) is 24.3 Å². The number of nitrogens with one attached hydrogen (secondary N) is 1. The molecule has 2 nitrogen and oxygen atoms in total. The summed E-state index contributed by atoms with van der Waals surface area (Å²) in [6, 6.07) is 31.4. The molecule has 1 heterocycles. The highest BCUT2D eigenvalue weighted by Crippen LogP contribution is 2.36. The molecule has 0 aliphatic carbocycles. The molecule has 3 aromatic rings. The second-order valence-corrected chi connectivity index (χ2v) is 6.75. The Bertz CT molecular complexity index is 905. The summed E-state index contributed by atoms with van der Waals surface area (Å²) in [5.74, 6) is 0. The Morgan fingerprint density at radius 3 is 2.00 bits per heavy atom. The lowest BCUT2D eigenvalue weighted by Gasteiger charge is -2.37. The maximum atomic E-state index is 5.79. The summed E-state index contributed by atoms with van der Waals surface area (Å²) in [6.45, 7) is 0. The number of anilines is 2. The van der Waals surface area contributed by atoms with E-state index in [9.17, 15) is 0 Å². The number of rotatable bonds is 4. The molecule has 4 rings (SSSR count). The predicted molar refractivity (Wildman–Crippen MR) is 113 cm³/mol. The van der Waals surface area contributed by atoms with Crippen molar-refractivity contribution in [2.45, 2.75) is 12.5 Å². The number of para-hydroxylation sites is 2. The molecule has 26 heavy (non-hydrogen) atoms. The highest BCUT2D eigenvalue weighted by molar-refractivity contribution is 7.81. The molecule has 0 unspecified atom stereocenters. The Morgan fingerprint density at radius 2 is 1.35 bits per heavy atom. The van der Waals surface area contributed by atoms with Crippen LogP contribution >= 0.6 is 12.2 Å². The molecule has 1 N–H and O–H groups in total. The fourth-order valence-corrected chi connectivity index (χ4v) is 3.74. The lowest BCUT2D eigenvalue weighted by Crippen LogP contribution is -2.37. The maximum absolute atomic E-state index is 5.79. The van der Waals surface area contributed by atoms with Gasteiger partial charge in [0.2, 0.25) is 0 Å². The molecule has 0 saturated carbocycles. The first-order valence-electron chi connectivity index (χ1n) is 8.77. The Labute approximate surface area is 159 Å². The number of hydrogen-bond acceptors (Lipinski definition) is 2. The molecule has 0 amide bonds. The zero-order valence-corrected chi connectivity index (χ0v) is 15.2. The number of hydrogen-bond donors (Lipinski definition) is 1. The van der Waals surface area contributed by atoms with Crippen LogP contribution in [0.15, 0.2) is 103 Å². The van der Waals surface area contributed by atoms with E-state index in [1.54, 1.807) is 0 Å². The van der Waals surface area contributed by atoms with Gasteiger partial charge in [0.05, 0.1) is 6.04 Å². The van der Waals surface area contributed by atoms with E-state index >= 15 is 0 Å². The zero-order chi connectivity index (χ0) is 17.8. The van der Waals surface area contributed by atoms with E-state index in [0.717, 1.165) is 28.5 Å². The zero-order valence-electron chi connectivity index (χ0n) is 14.4. The minimum atomic E-state index is 0.169. The fourth-order valence-electron chi connectivity index (χ4n) is 3.36. The van der Waals surface area contributed by atoms with Gasteiger partial charge < -0.3 is 10.2 Å². The molecule has 128 valence electrons. The van der Waals surface area contributed by atoms with Crippen LogP contribution in [-0.2, 0) is 0 Å². The molecule has 0 saturated heterocycles. The van der Waals surface area contributed by atoms with E-state index < -0.39 is 0 Å². The van der Waals surface area contributed by atoms with E-state index in [4.69, 9.17) is 12.2 Å². The first-order valence-corrected chi connectivity index (χ1v) is 9.18. The summed E-state index contributed by atoms with van der Waals surface area (Å²) < 4.78 is 0. The molecule has 0 radical (unpaired) electrons. The van der Waals surface area contributed by atoms with E-state index in [-0.39, 0.29) is 6.04 Å². The summed E-state index contributed by atoms with van der Waals surface area (Å²) in [4.78, 5) is 3.08. The molecule has 3 heteroatoms. The molecule has 1 atom stereocenters. The van der Waals surface area contributed by atoms with Crippen molar-refractivity contribution in [2.75, 3.05) is 10.2 Å². The third-order valence-corrected chi connectivity index (χ3v) is 4.87. The number of benzene rings is 3. The van der Waals surface area contributed by atoms with Crippen molar-refractivity contribution in [2.24, 2.45) is 0 Å². The Kier molecular flexibility index (Phi) is 4.80. The molecule has 1 aliphatic rings. The summed E-state index contributed by atoms with van der Waals surface area (Å²) in [5, 5.41) is 3.53. The Hall–Kier alpha value is -2.91. The van der Waals surface area contributed by atoms with E-state index in [2.05, 4.69) is 83.0 Å². The van der Waals surface area contributed by atoms with Crippen molar-refractivity contribution >= 4 is 28.6 Å². The van der Waals surface area contributed by atoms with Crippen LogP contribution in [0.5, 0.6) is 0 Å². The molecule has 0 fully saturated rings. The third-order valence-electron chi connectivity index (χ3n) is 4.56. The highest BCUT2D eigenvalue weighted by Gasteiger charge is 2.28. The van der Waals surface area contributed by atoms with Gasteiger partial charge >= 0.3 is 0 Å². The fraction of sp³-hybridized carbons (Fsp3) is 0.0870. The first-order chi connectivity index (χ1) is 12.8. The van der Waals surface area contributed by atoms with Crippen LogP contribution in [0.1, 0.15) is 18.0 Å². The van der Waals surface area contributed by atoms with Gasteiger partial charge in [0.25, 0.3) is 0 Å². The van der Waals surface area contributed by atoms with Gasteiger partial charge in [-0.2, -0.15) is 0 Å².